The molecule has 136 valence electrons. The minimum atomic E-state index is 0.389. The number of nitrogens with zero attached hydrogens (tertiary/aromatic N) is 2. The average Bonchev–Trinajstić information content (AvgIpc) is 3.11. The number of pyridine rings is 1. The van der Waals surface area contributed by atoms with Gasteiger partial charge < -0.3 is 4.42 Å². The second kappa shape index (κ2) is 6.82. The lowest BCUT2D eigenvalue weighted by Crippen LogP contribution is -2.31. The molecule has 0 saturated carbocycles. The number of hydrogen-bond acceptors (Lipinski definition) is 3. The van der Waals surface area contributed by atoms with Gasteiger partial charge in [0, 0.05) is 29.1 Å². The zero-order valence-corrected chi connectivity index (χ0v) is 15.7. The minimum Gasteiger partial charge on any atom is -0.456 e. The summed E-state index contributed by atoms with van der Waals surface area (Å²) in [5.74, 6) is 0. The normalized spacial score (nSPS) is 16.9. The van der Waals surface area contributed by atoms with E-state index in [1.807, 2.05) is 12.3 Å². The molecule has 0 saturated heterocycles. The zero-order valence-electron chi connectivity index (χ0n) is 15.7. The van der Waals surface area contributed by atoms with E-state index in [0.717, 1.165) is 30.7 Å². The number of rotatable bonds is 4. The van der Waals surface area contributed by atoms with Crippen LogP contribution in [0.25, 0.3) is 21.9 Å². The summed E-state index contributed by atoms with van der Waals surface area (Å²) in [5, 5.41) is 2.41. The lowest BCUT2D eigenvalue weighted by molar-refractivity contribution is 0.175. The average molecular weight is 356 g/mol. The van der Waals surface area contributed by atoms with Gasteiger partial charge in [-0.05, 0) is 43.5 Å². The maximum absolute atomic E-state index is 6.24. The molecular formula is C24H24N2O. The molecule has 0 radical (unpaired) electrons. The van der Waals surface area contributed by atoms with Crippen LogP contribution < -0.4 is 0 Å². The Morgan fingerprint density at radius 3 is 2.85 bits per heavy atom. The molecule has 5 rings (SSSR count). The van der Waals surface area contributed by atoms with Crippen LogP contribution in [0.1, 0.15) is 42.6 Å². The van der Waals surface area contributed by atoms with Crippen LogP contribution in [0.2, 0.25) is 0 Å². The van der Waals surface area contributed by atoms with Crippen molar-refractivity contribution in [2.24, 2.45) is 0 Å². The number of fused-ring (bicyclic) bond motifs is 4. The number of furan rings is 1. The van der Waals surface area contributed by atoms with Crippen molar-refractivity contribution >= 4 is 21.9 Å². The fourth-order valence-electron chi connectivity index (χ4n) is 4.53. The molecule has 2 aromatic carbocycles. The van der Waals surface area contributed by atoms with Gasteiger partial charge in [-0.25, -0.2) is 0 Å². The third kappa shape index (κ3) is 2.83. The van der Waals surface area contributed by atoms with Crippen molar-refractivity contribution in [3.63, 3.8) is 0 Å². The largest absolute Gasteiger partial charge is 0.456 e. The van der Waals surface area contributed by atoms with E-state index in [1.165, 1.54) is 40.4 Å². The van der Waals surface area contributed by atoms with E-state index in [4.69, 9.17) is 9.40 Å². The van der Waals surface area contributed by atoms with Crippen molar-refractivity contribution in [1.29, 1.82) is 0 Å². The predicted molar refractivity (Wildman–Crippen MR) is 110 cm³/mol. The van der Waals surface area contributed by atoms with Gasteiger partial charge in [0.15, 0.2) is 0 Å². The predicted octanol–water partition coefficient (Wildman–Crippen LogP) is 5.88. The van der Waals surface area contributed by atoms with Crippen molar-refractivity contribution in [2.75, 3.05) is 6.54 Å². The quantitative estimate of drug-likeness (QED) is 0.457. The Balaban J connectivity index is 1.54. The smallest absolute Gasteiger partial charge is 0.139 e. The van der Waals surface area contributed by atoms with Crippen molar-refractivity contribution < 1.29 is 4.42 Å². The Morgan fingerprint density at radius 1 is 1.04 bits per heavy atom. The Kier molecular flexibility index (Phi) is 4.17. The highest BCUT2D eigenvalue weighted by atomic mass is 16.3. The summed E-state index contributed by atoms with van der Waals surface area (Å²) in [5.41, 5.74) is 5.92. The standard InChI is InChI=1S/C24H24N2O/c1-2-26(21-13-6-8-17-10-7-15-25-23(17)21)16-18-9-5-12-20-19-11-3-4-14-22(19)27-24(18)20/h3-5,7,9-12,14-15,21H,2,6,8,13,16H2,1H3/t21-/m0/s1. The zero-order chi connectivity index (χ0) is 18.2. The fraction of sp³-hybridized carbons (Fsp3) is 0.292. The number of aromatic nitrogens is 1. The van der Waals surface area contributed by atoms with E-state index in [1.54, 1.807) is 0 Å². The van der Waals surface area contributed by atoms with E-state index in [-0.39, 0.29) is 0 Å². The van der Waals surface area contributed by atoms with Crippen LogP contribution in [0.3, 0.4) is 0 Å². The molecule has 3 heteroatoms. The van der Waals surface area contributed by atoms with E-state index in [0.29, 0.717) is 6.04 Å². The third-order valence-electron chi connectivity index (χ3n) is 5.87. The third-order valence-corrected chi connectivity index (χ3v) is 5.87. The number of benzene rings is 2. The highest BCUT2D eigenvalue weighted by molar-refractivity contribution is 6.05. The summed E-state index contributed by atoms with van der Waals surface area (Å²) in [7, 11) is 0. The molecule has 4 aromatic rings. The topological polar surface area (TPSA) is 29.3 Å². The monoisotopic (exact) mass is 356 g/mol. The molecule has 0 amide bonds. The van der Waals surface area contributed by atoms with Crippen LogP contribution in [-0.2, 0) is 13.0 Å². The summed E-state index contributed by atoms with van der Waals surface area (Å²) in [6.07, 6.45) is 5.49. The van der Waals surface area contributed by atoms with E-state index >= 15 is 0 Å². The molecule has 3 nitrogen and oxygen atoms in total. The summed E-state index contributed by atoms with van der Waals surface area (Å²) in [4.78, 5) is 7.29. The van der Waals surface area contributed by atoms with Crippen LogP contribution >= 0.6 is 0 Å². The van der Waals surface area contributed by atoms with Gasteiger partial charge in [-0.1, -0.05) is 49.4 Å². The molecule has 27 heavy (non-hydrogen) atoms. The first-order valence-electron chi connectivity index (χ1n) is 9.92. The highest BCUT2D eigenvalue weighted by Crippen LogP contribution is 2.36. The molecule has 2 aromatic heterocycles. The second-order valence-electron chi connectivity index (χ2n) is 7.41. The van der Waals surface area contributed by atoms with Crippen molar-refractivity contribution in [3.8, 4) is 0 Å². The molecule has 0 bridgehead atoms. The molecule has 0 fully saturated rings. The van der Waals surface area contributed by atoms with Gasteiger partial charge in [0.25, 0.3) is 0 Å². The minimum absolute atomic E-state index is 0.389. The van der Waals surface area contributed by atoms with Gasteiger partial charge in [-0.3, -0.25) is 9.88 Å². The van der Waals surface area contributed by atoms with Gasteiger partial charge in [0.2, 0.25) is 0 Å². The number of hydrogen-bond donors (Lipinski definition) is 0. The first-order valence-corrected chi connectivity index (χ1v) is 9.92. The lowest BCUT2D eigenvalue weighted by atomic mass is 9.90. The molecule has 0 unspecified atom stereocenters. The summed E-state index contributed by atoms with van der Waals surface area (Å²) in [6.45, 7) is 4.13. The first kappa shape index (κ1) is 16.5. The molecule has 1 atom stereocenters. The maximum atomic E-state index is 6.24. The Bertz CT molecular complexity index is 1100. The summed E-state index contributed by atoms with van der Waals surface area (Å²) >= 11 is 0. The van der Waals surface area contributed by atoms with E-state index in [2.05, 4.69) is 60.4 Å². The van der Waals surface area contributed by atoms with Gasteiger partial charge >= 0.3 is 0 Å². The number of aryl methyl sites for hydroxylation is 1. The second-order valence-corrected chi connectivity index (χ2v) is 7.41. The van der Waals surface area contributed by atoms with Crippen LogP contribution in [-0.4, -0.2) is 16.4 Å². The highest BCUT2D eigenvalue weighted by Gasteiger charge is 2.27. The SMILES string of the molecule is CCN(Cc1cccc2c1oc1ccccc12)[C@H]1CCCc2cccnc21. The van der Waals surface area contributed by atoms with Crippen molar-refractivity contribution in [2.45, 2.75) is 38.8 Å². The Hall–Kier alpha value is -2.65. The Labute approximate surface area is 159 Å². The molecule has 0 N–H and O–H groups in total. The molecule has 1 aliphatic rings. The molecule has 1 aliphatic carbocycles. The van der Waals surface area contributed by atoms with E-state index < -0.39 is 0 Å². The lowest BCUT2D eigenvalue weighted by Gasteiger charge is -2.34. The van der Waals surface area contributed by atoms with Gasteiger partial charge in [-0.15, -0.1) is 0 Å². The maximum Gasteiger partial charge on any atom is 0.139 e. The Morgan fingerprint density at radius 2 is 1.93 bits per heavy atom. The number of para-hydroxylation sites is 2. The molecular weight excluding hydrogens is 332 g/mol. The van der Waals surface area contributed by atoms with Gasteiger partial charge in [-0.2, -0.15) is 0 Å². The first-order chi connectivity index (χ1) is 13.3. The van der Waals surface area contributed by atoms with Gasteiger partial charge in [0.1, 0.15) is 11.2 Å². The van der Waals surface area contributed by atoms with Crippen LogP contribution in [0.4, 0.5) is 0 Å². The van der Waals surface area contributed by atoms with E-state index in [9.17, 15) is 0 Å². The van der Waals surface area contributed by atoms with Crippen molar-refractivity contribution in [1.82, 2.24) is 9.88 Å². The van der Waals surface area contributed by atoms with Crippen LogP contribution in [0, 0.1) is 0 Å². The van der Waals surface area contributed by atoms with Gasteiger partial charge in [0.05, 0.1) is 11.7 Å². The molecule has 2 heterocycles. The molecule has 0 aliphatic heterocycles. The van der Waals surface area contributed by atoms with Crippen LogP contribution in [0.15, 0.2) is 65.2 Å². The van der Waals surface area contributed by atoms with Crippen LogP contribution in [0.5, 0.6) is 0 Å². The van der Waals surface area contributed by atoms with Crippen molar-refractivity contribution in [3.05, 3.63) is 77.6 Å². The molecule has 0 spiro atoms. The fourth-order valence-corrected chi connectivity index (χ4v) is 4.53. The summed E-state index contributed by atoms with van der Waals surface area (Å²) < 4.78 is 6.24. The summed E-state index contributed by atoms with van der Waals surface area (Å²) in [6, 6.07) is 19.5.